The van der Waals surface area contributed by atoms with Gasteiger partial charge in [-0.1, -0.05) is 31.5 Å². The van der Waals surface area contributed by atoms with Crippen LogP contribution in [0, 0.1) is 0 Å². The van der Waals surface area contributed by atoms with E-state index in [-0.39, 0.29) is 5.25 Å². The van der Waals surface area contributed by atoms with E-state index in [1.165, 1.54) is 0 Å². The van der Waals surface area contributed by atoms with Gasteiger partial charge < -0.3 is 5.73 Å². The van der Waals surface area contributed by atoms with E-state index in [4.69, 9.17) is 18.0 Å². The van der Waals surface area contributed by atoms with Gasteiger partial charge in [-0.05, 0) is 25.7 Å². The van der Waals surface area contributed by atoms with Crippen molar-refractivity contribution in [1.82, 2.24) is 4.72 Å². The van der Waals surface area contributed by atoms with Crippen LogP contribution in [0.2, 0.25) is 0 Å². The molecule has 92 valence electrons. The molecule has 0 spiro atoms. The molecule has 16 heavy (non-hydrogen) atoms. The quantitative estimate of drug-likeness (QED) is 0.743. The van der Waals surface area contributed by atoms with Crippen LogP contribution in [-0.4, -0.2) is 24.2 Å². The van der Waals surface area contributed by atoms with E-state index >= 15 is 0 Å². The Labute approximate surface area is 102 Å². The van der Waals surface area contributed by atoms with Gasteiger partial charge in [-0.15, -0.1) is 0 Å². The first-order valence-corrected chi connectivity index (χ1v) is 7.74. The Morgan fingerprint density at radius 2 is 1.81 bits per heavy atom. The van der Waals surface area contributed by atoms with Crippen LogP contribution in [0.3, 0.4) is 0 Å². The largest absolute Gasteiger partial charge is 0.392 e. The number of rotatable bonds is 4. The van der Waals surface area contributed by atoms with Gasteiger partial charge in [0.1, 0.15) is 0 Å². The molecular weight excluding hydrogens is 244 g/mol. The monoisotopic (exact) mass is 262 g/mol. The standard InChI is InChI=1S/C10H18N2O2S2/c11-9(15)10(6-2-1-3-7-10)12-16(13,14)8-4-5-8/h8,12H,1-7H2,(H2,11,15). The maximum Gasteiger partial charge on any atom is 0.215 e. The smallest absolute Gasteiger partial charge is 0.215 e. The fraction of sp³-hybridized carbons (Fsp3) is 0.900. The van der Waals surface area contributed by atoms with Crippen LogP contribution in [0.5, 0.6) is 0 Å². The van der Waals surface area contributed by atoms with Crippen molar-refractivity contribution in [3.63, 3.8) is 0 Å². The van der Waals surface area contributed by atoms with E-state index in [1.807, 2.05) is 0 Å². The molecule has 2 aliphatic rings. The summed E-state index contributed by atoms with van der Waals surface area (Å²) in [5, 5.41) is -0.208. The highest BCUT2D eigenvalue weighted by atomic mass is 32.2. The highest BCUT2D eigenvalue weighted by Crippen LogP contribution is 2.33. The van der Waals surface area contributed by atoms with Crippen molar-refractivity contribution in [3.8, 4) is 0 Å². The van der Waals surface area contributed by atoms with Gasteiger partial charge in [-0.2, -0.15) is 0 Å². The third-order valence-corrected chi connectivity index (χ3v) is 5.89. The number of thiocarbonyl (C=S) groups is 1. The second-order valence-electron chi connectivity index (χ2n) is 4.85. The lowest BCUT2D eigenvalue weighted by atomic mass is 9.82. The summed E-state index contributed by atoms with van der Waals surface area (Å²) < 4.78 is 26.7. The lowest BCUT2D eigenvalue weighted by Gasteiger charge is -2.36. The lowest BCUT2D eigenvalue weighted by Crippen LogP contribution is -2.58. The van der Waals surface area contributed by atoms with Crippen LogP contribution in [0.1, 0.15) is 44.9 Å². The Balaban J connectivity index is 2.16. The highest BCUT2D eigenvalue weighted by Gasteiger charge is 2.44. The molecule has 0 atom stereocenters. The van der Waals surface area contributed by atoms with Gasteiger partial charge in [0, 0.05) is 0 Å². The maximum absolute atomic E-state index is 11.9. The van der Waals surface area contributed by atoms with Crippen LogP contribution < -0.4 is 10.5 Å². The zero-order valence-electron chi connectivity index (χ0n) is 9.24. The summed E-state index contributed by atoms with van der Waals surface area (Å²) in [5.41, 5.74) is 5.09. The van der Waals surface area contributed by atoms with Crippen molar-refractivity contribution < 1.29 is 8.42 Å². The fourth-order valence-corrected chi connectivity index (χ4v) is 4.39. The average Bonchev–Trinajstić information content (AvgIpc) is 3.01. The molecule has 0 radical (unpaired) electrons. The van der Waals surface area contributed by atoms with E-state index in [0.29, 0.717) is 4.99 Å². The topological polar surface area (TPSA) is 72.2 Å². The molecule has 0 heterocycles. The molecule has 0 amide bonds. The molecule has 3 N–H and O–H groups in total. The molecule has 0 bridgehead atoms. The average molecular weight is 262 g/mol. The molecule has 0 aromatic heterocycles. The van der Waals surface area contributed by atoms with E-state index in [9.17, 15) is 8.42 Å². The van der Waals surface area contributed by atoms with Gasteiger partial charge in [0.2, 0.25) is 10.0 Å². The molecule has 4 nitrogen and oxygen atoms in total. The maximum atomic E-state index is 11.9. The van der Waals surface area contributed by atoms with Crippen molar-refractivity contribution in [1.29, 1.82) is 0 Å². The fourth-order valence-electron chi connectivity index (χ4n) is 2.29. The first kappa shape index (κ1) is 12.3. The summed E-state index contributed by atoms with van der Waals surface area (Å²) in [6.07, 6.45) is 6.14. The molecule has 0 aromatic rings. The van der Waals surface area contributed by atoms with E-state index in [2.05, 4.69) is 4.72 Å². The third kappa shape index (κ3) is 2.38. The van der Waals surface area contributed by atoms with Crippen molar-refractivity contribution in [2.24, 2.45) is 5.73 Å². The van der Waals surface area contributed by atoms with Crippen molar-refractivity contribution in [2.45, 2.75) is 55.7 Å². The Hall–Kier alpha value is -0.200. The third-order valence-electron chi connectivity index (χ3n) is 3.48. The summed E-state index contributed by atoms with van der Waals surface area (Å²) in [6.45, 7) is 0. The van der Waals surface area contributed by atoms with Crippen LogP contribution in [-0.2, 0) is 10.0 Å². The van der Waals surface area contributed by atoms with Crippen molar-refractivity contribution in [2.75, 3.05) is 0 Å². The van der Waals surface area contributed by atoms with Crippen LogP contribution in [0.4, 0.5) is 0 Å². The summed E-state index contributed by atoms with van der Waals surface area (Å²) in [7, 11) is -3.21. The van der Waals surface area contributed by atoms with Crippen LogP contribution >= 0.6 is 12.2 Å². The molecular formula is C10H18N2O2S2. The van der Waals surface area contributed by atoms with Crippen molar-refractivity contribution >= 4 is 27.2 Å². The van der Waals surface area contributed by atoms with Crippen LogP contribution in [0.15, 0.2) is 0 Å². The number of hydrogen-bond donors (Lipinski definition) is 2. The van der Waals surface area contributed by atoms with Gasteiger partial charge in [0.25, 0.3) is 0 Å². The summed E-state index contributed by atoms with van der Waals surface area (Å²) in [4.78, 5) is 0.302. The van der Waals surface area contributed by atoms with Gasteiger partial charge >= 0.3 is 0 Å². The zero-order chi connectivity index (χ0) is 11.8. The molecule has 0 saturated heterocycles. The zero-order valence-corrected chi connectivity index (χ0v) is 10.9. The lowest BCUT2D eigenvalue weighted by molar-refractivity contribution is 0.353. The minimum Gasteiger partial charge on any atom is -0.392 e. The molecule has 2 fully saturated rings. The second kappa shape index (κ2) is 4.23. The molecule has 2 aliphatic carbocycles. The van der Waals surface area contributed by atoms with Crippen LogP contribution in [0.25, 0.3) is 0 Å². The molecule has 6 heteroatoms. The molecule has 0 unspecified atom stereocenters. The SMILES string of the molecule is NC(=S)C1(NS(=O)(=O)C2CC2)CCCCC1. The molecule has 0 aliphatic heterocycles. The Kier molecular flexibility index (Phi) is 3.25. The summed E-state index contributed by atoms with van der Waals surface area (Å²) in [5.74, 6) is 0. The first-order chi connectivity index (χ1) is 7.46. The second-order valence-corrected chi connectivity index (χ2v) is 7.25. The van der Waals surface area contributed by atoms with Gasteiger partial charge in [-0.25, -0.2) is 13.1 Å². The summed E-state index contributed by atoms with van der Waals surface area (Å²) >= 11 is 5.05. The summed E-state index contributed by atoms with van der Waals surface area (Å²) in [6, 6.07) is 0. The van der Waals surface area contributed by atoms with Crippen molar-refractivity contribution in [3.05, 3.63) is 0 Å². The highest BCUT2D eigenvalue weighted by molar-refractivity contribution is 7.90. The van der Waals surface area contributed by atoms with Gasteiger partial charge in [-0.3, -0.25) is 0 Å². The Bertz CT molecular complexity index is 382. The predicted octanol–water partition coefficient (Wildman–Crippen LogP) is 1.06. The molecule has 2 saturated carbocycles. The predicted molar refractivity (Wildman–Crippen MR) is 67.7 cm³/mol. The minimum atomic E-state index is -3.21. The minimum absolute atomic E-state index is 0.208. The van der Waals surface area contributed by atoms with E-state index in [0.717, 1.165) is 44.9 Å². The number of sulfonamides is 1. The Morgan fingerprint density at radius 3 is 2.25 bits per heavy atom. The van der Waals surface area contributed by atoms with E-state index < -0.39 is 15.6 Å². The molecule has 0 aromatic carbocycles. The van der Waals surface area contributed by atoms with E-state index in [1.54, 1.807) is 0 Å². The molecule has 2 rings (SSSR count). The number of nitrogens with two attached hydrogens (primary N) is 1. The normalized spacial score (nSPS) is 25.2. The van der Waals surface area contributed by atoms with Gasteiger partial charge in [0.05, 0.1) is 15.8 Å². The first-order valence-electron chi connectivity index (χ1n) is 5.79. The number of nitrogens with one attached hydrogen (secondary N) is 1. The number of hydrogen-bond acceptors (Lipinski definition) is 3. The Morgan fingerprint density at radius 1 is 1.25 bits per heavy atom. The van der Waals surface area contributed by atoms with Gasteiger partial charge in [0.15, 0.2) is 0 Å².